The van der Waals surface area contributed by atoms with E-state index in [4.69, 9.17) is 4.42 Å². The molecule has 1 aliphatic rings. The Morgan fingerprint density at radius 3 is 2.50 bits per heavy atom. The van der Waals surface area contributed by atoms with Crippen LogP contribution >= 0.6 is 0 Å². The number of oxazole rings is 1. The summed E-state index contributed by atoms with van der Waals surface area (Å²) in [5.41, 5.74) is 2.73. The predicted octanol–water partition coefficient (Wildman–Crippen LogP) is 1.30. The molecule has 0 aliphatic carbocycles. The molecule has 28 heavy (non-hydrogen) atoms. The van der Waals surface area contributed by atoms with Gasteiger partial charge in [0.15, 0.2) is 5.58 Å². The second kappa shape index (κ2) is 8.44. The van der Waals surface area contributed by atoms with Crippen LogP contribution in [0.1, 0.15) is 18.4 Å². The number of rotatable bonds is 6. The number of hydrogen-bond acceptors (Lipinski definition) is 3. The lowest BCUT2D eigenvalue weighted by Crippen LogP contribution is -3.13. The Morgan fingerprint density at radius 2 is 1.71 bits per heavy atom. The highest BCUT2D eigenvalue weighted by Crippen LogP contribution is 2.12. The van der Waals surface area contributed by atoms with Crippen LogP contribution in [0, 0.1) is 0 Å². The van der Waals surface area contributed by atoms with Crippen LogP contribution in [0.4, 0.5) is 0 Å². The second-order valence-electron chi connectivity index (χ2n) is 7.38. The Kier molecular flexibility index (Phi) is 5.58. The number of aromatic nitrogens is 1. The van der Waals surface area contributed by atoms with Crippen molar-refractivity contribution in [2.24, 2.45) is 0 Å². The number of nitrogens with zero attached hydrogens (tertiary/aromatic N) is 2. The molecule has 0 bridgehead atoms. The topological polar surface area (TPSA) is 59.9 Å². The molecule has 0 spiro atoms. The molecular weight excluding hydrogens is 354 g/mol. The average molecular weight is 380 g/mol. The zero-order valence-corrected chi connectivity index (χ0v) is 16.0. The number of carbonyl (C=O) groups excluding carboxylic acids is 1. The molecule has 1 aromatic heterocycles. The van der Waals surface area contributed by atoms with E-state index in [-0.39, 0.29) is 11.7 Å². The van der Waals surface area contributed by atoms with Crippen molar-refractivity contribution in [1.29, 1.82) is 0 Å². The Morgan fingerprint density at radius 1 is 1.00 bits per heavy atom. The van der Waals surface area contributed by atoms with Crippen molar-refractivity contribution in [3.05, 3.63) is 70.7 Å². The molecule has 0 unspecified atom stereocenters. The smallest absolute Gasteiger partial charge is 0.408 e. The molecule has 0 saturated carbocycles. The largest absolute Gasteiger partial charge is 0.419 e. The summed E-state index contributed by atoms with van der Waals surface area (Å²) < 4.78 is 6.86. The number of carbonyl (C=O) groups is 1. The number of fused-ring (bicyclic) bond motifs is 1. The molecule has 1 fully saturated rings. The molecule has 1 aliphatic heterocycles. The zero-order chi connectivity index (χ0) is 19.3. The molecule has 0 atom stereocenters. The van der Waals surface area contributed by atoms with Gasteiger partial charge < -0.3 is 14.2 Å². The van der Waals surface area contributed by atoms with Gasteiger partial charge in [0.1, 0.15) is 6.54 Å². The van der Waals surface area contributed by atoms with E-state index in [1.807, 2.05) is 29.2 Å². The van der Waals surface area contributed by atoms with Gasteiger partial charge in [-0.05, 0) is 18.6 Å². The van der Waals surface area contributed by atoms with Gasteiger partial charge in [-0.1, -0.05) is 42.5 Å². The SMILES string of the molecule is O=C(CCCn1c(=O)oc2ccccc21)N1CC[NH+](Cc2ccccc2)CC1. The molecule has 2 aromatic carbocycles. The fourth-order valence-electron chi connectivity index (χ4n) is 3.91. The number of piperazine rings is 1. The Bertz CT molecular complexity index is 985. The van der Waals surface area contributed by atoms with Gasteiger partial charge in [-0.2, -0.15) is 0 Å². The van der Waals surface area contributed by atoms with Gasteiger partial charge in [0.2, 0.25) is 5.91 Å². The van der Waals surface area contributed by atoms with Gasteiger partial charge >= 0.3 is 5.76 Å². The molecular formula is C22H26N3O3+. The highest BCUT2D eigenvalue weighted by atomic mass is 16.4. The highest BCUT2D eigenvalue weighted by molar-refractivity contribution is 5.76. The van der Waals surface area contributed by atoms with Crippen molar-refractivity contribution < 1.29 is 14.1 Å². The standard InChI is InChI=1S/C22H25N3O3/c26-21(11-6-12-25-19-9-4-5-10-20(19)28-22(25)27)24-15-13-23(14-16-24)17-18-7-2-1-3-8-18/h1-5,7-10H,6,11-17H2/p+1. The summed E-state index contributed by atoms with van der Waals surface area (Å²) in [5.74, 6) is -0.175. The minimum Gasteiger partial charge on any atom is -0.408 e. The van der Waals surface area contributed by atoms with Gasteiger partial charge in [-0.25, -0.2) is 4.79 Å². The summed E-state index contributed by atoms with van der Waals surface area (Å²) in [7, 11) is 0. The van der Waals surface area contributed by atoms with Crippen molar-refractivity contribution in [2.75, 3.05) is 26.2 Å². The summed E-state index contributed by atoms with van der Waals surface area (Å²) >= 11 is 0. The van der Waals surface area contributed by atoms with Gasteiger partial charge in [-0.15, -0.1) is 0 Å². The van der Waals surface area contributed by atoms with Crippen LogP contribution in [0.3, 0.4) is 0 Å². The number of amides is 1. The van der Waals surface area contributed by atoms with Crippen LogP contribution in [-0.4, -0.2) is 41.6 Å². The van der Waals surface area contributed by atoms with Crippen molar-refractivity contribution in [1.82, 2.24) is 9.47 Å². The lowest BCUT2D eigenvalue weighted by atomic mass is 10.2. The van der Waals surface area contributed by atoms with Crippen molar-refractivity contribution >= 4 is 17.0 Å². The van der Waals surface area contributed by atoms with Crippen LogP contribution in [0.5, 0.6) is 0 Å². The number of quaternary nitrogens is 1. The Balaban J connectivity index is 1.25. The first-order valence-corrected chi connectivity index (χ1v) is 9.94. The maximum Gasteiger partial charge on any atom is 0.419 e. The van der Waals surface area contributed by atoms with E-state index in [2.05, 4.69) is 24.3 Å². The molecule has 6 heteroatoms. The van der Waals surface area contributed by atoms with Crippen LogP contribution in [0.15, 0.2) is 63.8 Å². The third kappa shape index (κ3) is 4.17. The van der Waals surface area contributed by atoms with Crippen LogP contribution in [-0.2, 0) is 17.9 Å². The van der Waals surface area contributed by atoms with Gasteiger partial charge in [0.05, 0.1) is 31.7 Å². The van der Waals surface area contributed by atoms with Gasteiger partial charge in [-0.3, -0.25) is 9.36 Å². The maximum absolute atomic E-state index is 12.5. The van der Waals surface area contributed by atoms with Crippen molar-refractivity contribution in [3.63, 3.8) is 0 Å². The number of hydrogen-bond donors (Lipinski definition) is 1. The van der Waals surface area contributed by atoms with E-state index in [1.165, 1.54) is 10.5 Å². The number of aryl methyl sites for hydroxylation is 1. The fraction of sp³-hybridized carbons (Fsp3) is 0.364. The lowest BCUT2D eigenvalue weighted by molar-refractivity contribution is -0.917. The second-order valence-corrected chi connectivity index (χ2v) is 7.38. The summed E-state index contributed by atoms with van der Waals surface area (Å²) in [6.45, 7) is 5.07. The highest BCUT2D eigenvalue weighted by Gasteiger charge is 2.23. The summed E-state index contributed by atoms with van der Waals surface area (Å²) in [5, 5.41) is 0. The van der Waals surface area contributed by atoms with Crippen LogP contribution < -0.4 is 10.7 Å². The van der Waals surface area contributed by atoms with E-state index >= 15 is 0 Å². The molecule has 1 amide bonds. The zero-order valence-electron chi connectivity index (χ0n) is 16.0. The number of benzene rings is 2. The van der Waals surface area contributed by atoms with E-state index in [0.717, 1.165) is 38.2 Å². The Hall–Kier alpha value is -2.86. The first-order valence-electron chi connectivity index (χ1n) is 9.94. The molecule has 4 rings (SSSR count). The molecule has 146 valence electrons. The van der Waals surface area contributed by atoms with E-state index in [9.17, 15) is 9.59 Å². The normalized spacial score (nSPS) is 15.2. The van der Waals surface area contributed by atoms with Crippen LogP contribution in [0.2, 0.25) is 0 Å². The van der Waals surface area contributed by atoms with Gasteiger partial charge in [0, 0.05) is 18.5 Å². The molecule has 1 N–H and O–H groups in total. The molecule has 2 heterocycles. The third-order valence-electron chi connectivity index (χ3n) is 5.47. The lowest BCUT2D eigenvalue weighted by Gasteiger charge is -2.32. The molecule has 0 radical (unpaired) electrons. The quantitative estimate of drug-likeness (QED) is 0.701. The van der Waals surface area contributed by atoms with E-state index in [0.29, 0.717) is 25.0 Å². The summed E-state index contributed by atoms with van der Waals surface area (Å²) in [6, 6.07) is 17.9. The first kappa shape index (κ1) is 18.5. The van der Waals surface area contributed by atoms with Crippen LogP contribution in [0.25, 0.3) is 11.1 Å². The maximum atomic E-state index is 12.5. The van der Waals surface area contributed by atoms with Gasteiger partial charge in [0.25, 0.3) is 0 Å². The Labute approximate surface area is 164 Å². The summed E-state index contributed by atoms with van der Waals surface area (Å²) in [4.78, 5) is 28.0. The molecule has 3 aromatic rings. The van der Waals surface area contributed by atoms with E-state index in [1.54, 1.807) is 10.6 Å². The molecule has 6 nitrogen and oxygen atoms in total. The first-order chi connectivity index (χ1) is 13.7. The van der Waals surface area contributed by atoms with Crippen molar-refractivity contribution in [3.8, 4) is 0 Å². The monoisotopic (exact) mass is 380 g/mol. The van der Waals surface area contributed by atoms with E-state index < -0.39 is 0 Å². The van der Waals surface area contributed by atoms with Crippen molar-refractivity contribution in [2.45, 2.75) is 25.9 Å². The number of para-hydroxylation sites is 2. The number of nitrogens with one attached hydrogen (secondary N) is 1. The third-order valence-corrected chi connectivity index (χ3v) is 5.47. The molecule has 1 saturated heterocycles. The minimum atomic E-state index is -0.355. The minimum absolute atomic E-state index is 0.180. The summed E-state index contributed by atoms with van der Waals surface area (Å²) in [6.07, 6.45) is 1.10. The average Bonchev–Trinajstić information content (AvgIpc) is 3.04. The fourth-order valence-corrected chi connectivity index (χ4v) is 3.91. The predicted molar refractivity (Wildman–Crippen MR) is 107 cm³/mol.